The second-order valence-electron chi connectivity index (χ2n) is 8.08. The van der Waals surface area contributed by atoms with Crippen LogP contribution in [-0.4, -0.2) is 42.3 Å². The molecule has 1 aliphatic carbocycles. The predicted molar refractivity (Wildman–Crippen MR) is 133 cm³/mol. The molecule has 4 rings (SSSR count). The van der Waals surface area contributed by atoms with Gasteiger partial charge in [-0.3, -0.25) is 24.5 Å². The fraction of sp³-hybridized carbons (Fsp3) is 0.318. The van der Waals surface area contributed by atoms with Gasteiger partial charge in [-0.2, -0.15) is 5.01 Å². The number of carbonyl (C=O) groups excluding carboxylic acids is 3. The molecule has 0 N–H and O–H groups in total. The molecule has 1 aliphatic heterocycles. The molecule has 2 aromatic carbocycles. The van der Waals surface area contributed by atoms with Crippen molar-refractivity contribution >= 4 is 78.5 Å². The van der Waals surface area contributed by atoms with E-state index in [9.17, 15) is 24.5 Å². The van der Waals surface area contributed by atoms with Crippen LogP contribution in [0.15, 0.2) is 42.5 Å². The first-order chi connectivity index (χ1) is 16.1. The quantitative estimate of drug-likeness (QED) is 0.190. The third-order valence-corrected chi connectivity index (χ3v) is 9.35. The van der Waals surface area contributed by atoms with Gasteiger partial charge in [-0.25, -0.2) is 5.01 Å². The Labute approximate surface area is 221 Å². The molecule has 4 atom stereocenters. The van der Waals surface area contributed by atoms with E-state index in [1.165, 1.54) is 30.3 Å². The number of carbonyl (C=O) groups is 3. The summed E-state index contributed by atoms with van der Waals surface area (Å²) in [6.07, 6.45) is 0.827. The number of nitro benzene ring substituents is 1. The fourth-order valence-electron chi connectivity index (χ4n) is 4.31. The summed E-state index contributed by atoms with van der Waals surface area (Å²) in [4.78, 5) is 51.3. The molecule has 178 valence electrons. The van der Waals surface area contributed by atoms with Crippen LogP contribution >= 0.6 is 55.1 Å². The largest absolute Gasteiger partial charge is 0.282 e. The van der Waals surface area contributed by atoms with Crippen molar-refractivity contribution in [2.45, 2.75) is 29.0 Å². The van der Waals surface area contributed by atoms with Crippen LogP contribution in [0.5, 0.6) is 0 Å². The average molecular weight is 634 g/mol. The monoisotopic (exact) mass is 631 g/mol. The minimum absolute atomic E-state index is 0.0180. The van der Waals surface area contributed by atoms with Crippen LogP contribution in [0.3, 0.4) is 0 Å². The van der Waals surface area contributed by atoms with E-state index in [1.807, 2.05) is 0 Å². The fourth-order valence-corrected chi connectivity index (χ4v) is 6.02. The number of nitrogens with zero attached hydrogens (tertiary/aromatic N) is 3. The summed E-state index contributed by atoms with van der Waals surface area (Å²) in [6, 6.07) is 10.0. The molecule has 3 amide bonds. The Morgan fingerprint density at radius 3 is 2.21 bits per heavy atom. The summed E-state index contributed by atoms with van der Waals surface area (Å²) in [5.74, 6) is -3.10. The van der Waals surface area contributed by atoms with Crippen LogP contribution in [0.4, 0.5) is 5.69 Å². The van der Waals surface area contributed by atoms with Gasteiger partial charge < -0.3 is 0 Å². The molecule has 1 heterocycles. The molecule has 0 radical (unpaired) electrons. The third kappa shape index (κ3) is 4.60. The van der Waals surface area contributed by atoms with Crippen molar-refractivity contribution in [2.24, 2.45) is 11.8 Å². The van der Waals surface area contributed by atoms with Crippen molar-refractivity contribution < 1.29 is 19.3 Å². The number of rotatable bonds is 5. The minimum Gasteiger partial charge on any atom is -0.272 e. The first-order valence-corrected chi connectivity index (χ1v) is 12.8. The highest BCUT2D eigenvalue weighted by Gasteiger charge is 2.54. The Morgan fingerprint density at radius 2 is 1.65 bits per heavy atom. The molecule has 2 aromatic rings. The van der Waals surface area contributed by atoms with Crippen LogP contribution in [0.1, 0.15) is 28.8 Å². The van der Waals surface area contributed by atoms with Gasteiger partial charge in [0.1, 0.15) is 5.56 Å². The van der Waals surface area contributed by atoms with Crippen molar-refractivity contribution in [1.82, 2.24) is 10.0 Å². The molecule has 2 fully saturated rings. The number of hydrogen-bond donors (Lipinski definition) is 0. The molecule has 1 saturated heterocycles. The van der Waals surface area contributed by atoms with Gasteiger partial charge in [0.05, 0.1) is 23.3 Å². The Balaban J connectivity index is 1.78. The maximum Gasteiger partial charge on any atom is 0.282 e. The second-order valence-corrected chi connectivity index (χ2v) is 11.3. The lowest BCUT2D eigenvalue weighted by Gasteiger charge is -2.31. The van der Waals surface area contributed by atoms with Gasteiger partial charge >= 0.3 is 0 Å². The zero-order chi connectivity index (χ0) is 24.7. The number of para-hydroxylation sites is 1. The van der Waals surface area contributed by atoms with Crippen LogP contribution in [-0.2, 0) is 16.1 Å². The van der Waals surface area contributed by atoms with Gasteiger partial charge in [-0.1, -0.05) is 73.3 Å². The van der Waals surface area contributed by atoms with Gasteiger partial charge in [-0.05, 0) is 36.6 Å². The number of amides is 3. The number of hydrogen-bond acceptors (Lipinski definition) is 5. The number of imide groups is 1. The van der Waals surface area contributed by atoms with Gasteiger partial charge in [-0.15, -0.1) is 0 Å². The van der Waals surface area contributed by atoms with E-state index in [2.05, 4.69) is 31.9 Å². The molecular weight excluding hydrogens is 617 g/mol. The summed E-state index contributed by atoms with van der Waals surface area (Å²) in [5, 5.41) is 14.0. The first kappa shape index (κ1) is 25.1. The van der Waals surface area contributed by atoms with Crippen molar-refractivity contribution in [3.05, 3.63) is 73.8 Å². The number of halogens is 4. The molecule has 34 heavy (non-hydrogen) atoms. The molecule has 0 unspecified atom stereocenters. The van der Waals surface area contributed by atoms with Gasteiger partial charge in [0.2, 0.25) is 0 Å². The Morgan fingerprint density at radius 1 is 1.06 bits per heavy atom. The highest BCUT2D eigenvalue weighted by Crippen LogP contribution is 2.44. The second kappa shape index (κ2) is 9.93. The van der Waals surface area contributed by atoms with Crippen molar-refractivity contribution in [1.29, 1.82) is 0 Å². The standard InChI is InChI=1S/C22H17Br2Cl2N3O5/c23-16-8-14-15(9-17(16)24)22(32)28(21(14)31)27(10-11-5-6-12(25)7-18(11)26)20(30)13-3-1-2-4-19(13)29(33)34/h1-7,14-17H,8-10H2/t14-,15-,16-,17+/m1/s1. The number of fused-ring (bicyclic) bond motifs is 1. The minimum atomic E-state index is -0.857. The topological polar surface area (TPSA) is 101 Å². The Hall–Kier alpha value is -2.01. The smallest absolute Gasteiger partial charge is 0.272 e. The molecule has 0 aromatic heterocycles. The normalized spacial score (nSPS) is 24.2. The summed E-state index contributed by atoms with van der Waals surface area (Å²) >= 11 is 19.4. The van der Waals surface area contributed by atoms with Crippen molar-refractivity contribution in [3.63, 3.8) is 0 Å². The van der Waals surface area contributed by atoms with E-state index in [0.29, 0.717) is 23.4 Å². The molecule has 0 bridgehead atoms. The third-order valence-electron chi connectivity index (χ3n) is 6.03. The number of alkyl halides is 2. The summed E-state index contributed by atoms with van der Waals surface area (Å²) < 4.78 is 0. The van der Waals surface area contributed by atoms with E-state index in [1.54, 1.807) is 12.1 Å². The zero-order valence-electron chi connectivity index (χ0n) is 17.4. The van der Waals surface area contributed by atoms with E-state index in [0.717, 1.165) is 10.0 Å². The van der Waals surface area contributed by atoms with Crippen molar-refractivity contribution in [3.8, 4) is 0 Å². The van der Waals surface area contributed by atoms with E-state index in [4.69, 9.17) is 23.2 Å². The Kier molecular flexibility index (Phi) is 7.33. The summed E-state index contributed by atoms with van der Waals surface area (Å²) in [5.41, 5.74) is -0.257. The number of nitro groups is 1. The van der Waals surface area contributed by atoms with Gasteiger partial charge in [0.15, 0.2) is 0 Å². The lowest BCUT2D eigenvalue weighted by atomic mass is 9.81. The summed E-state index contributed by atoms with van der Waals surface area (Å²) in [6.45, 7) is -0.257. The number of benzene rings is 2. The SMILES string of the molecule is O=C(c1ccccc1[N+](=O)[O-])N(Cc1ccc(Cl)cc1Cl)N1C(=O)[C@@H]2C[C@@H](Br)[C@@H](Br)C[C@H]2C1=O. The zero-order valence-corrected chi connectivity index (χ0v) is 22.1. The maximum atomic E-state index is 13.7. The molecule has 0 spiro atoms. The van der Waals surface area contributed by atoms with Crippen molar-refractivity contribution in [2.75, 3.05) is 0 Å². The van der Waals surface area contributed by atoms with Crippen LogP contribution in [0.2, 0.25) is 10.0 Å². The molecule has 8 nitrogen and oxygen atoms in total. The van der Waals surface area contributed by atoms with Crippen LogP contribution < -0.4 is 0 Å². The number of hydrazine groups is 1. The lowest BCUT2D eigenvalue weighted by Crippen LogP contribution is -2.50. The van der Waals surface area contributed by atoms with Gasteiger partial charge in [0, 0.05) is 25.8 Å². The molecule has 1 saturated carbocycles. The van der Waals surface area contributed by atoms with Crippen LogP contribution in [0, 0.1) is 22.0 Å². The first-order valence-electron chi connectivity index (χ1n) is 10.2. The molecular formula is C22H17Br2Cl2N3O5. The molecule has 2 aliphatic rings. The van der Waals surface area contributed by atoms with E-state index >= 15 is 0 Å². The average Bonchev–Trinajstić information content (AvgIpc) is 3.02. The summed E-state index contributed by atoms with van der Waals surface area (Å²) in [7, 11) is 0. The maximum absolute atomic E-state index is 13.7. The predicted octanol–water partition coefficient (Wildman–Crippen LogP) is 5.38. The highest BCUT2D eigenvalue weighted by atomic mass is 79.9. The van der Waals surface area contributed by atoms with E-state index in [-0.39, 0.29) is 26.8 Å². The Bertz CT molecular complexity index is 1170. The molecule has 12 heteroatoms. The van der Waals surface area contributed by atoms with E-state index < -0.39 is 40.2 Å². The highest BCUT2D eigenvalue weighted by molar-refractivity contribution is 9.12. The van der Waals surface area contributed by atoms with Gasteiger partial charge in [0.25, 0.3) is 23.4 Å². The van der Waals surface area contributed by atoms with Crippen LogP contribution in [0.25, 0.3) is 0 Å². The lowest BCUT2D eigenvalue weighted by molar-refractivity contribution is -0.385.